The minimum atomic E-state index is -0.680. The van der Waals surface area contributed by atoms with Crippen LogP contribution in [0.3, 0.4) is 0 Å². The fraction of sp³-hybridized carbons (Fsp3) is 0.0562. The standard InChI is InChI=1S/C89H67N3/c1-60-23-41-71(42-24-60)91(72-43-25-61(2)26-44-72)78-55-56-82-86(58-78)89(84-21-13-11-19-80(84)81-20-12-14-22-85(81)89)87-59-79(92(73-45-27-62(3)28-46-73)74-47-29-63(4)30-48-74)57-83(88(82)87)70-33-31-66(32-34-70)69-39-53-77(54-40-69)90(75-49-35-67(36-50-75)64-15-7-5-8-16-64)76-51-37-68(38-52-76)65-17-9-6-10-18-65/h5-59H,1-4H3. The Kier molecular flexibility index (Phi) is 14.0. The molecule has 0 bridgehead atoms. The minimum Gasteiger partial charge on any atom is -0.311 e. The van der Waals surface area contributed by atoms with Gasteiger partial charge in [-0.05, 0) is 226 Å². The lowest BCUT2D eigenvalue weighted by Crippen LogP contribution is -2.26. The third-order valence-electron chi connectivity index (χ3n) is 19.0. The second-order valence-corrected chi connectivity index (χ2v) is 24.8. The summed E-state index contributed by atoms with van der Waals surface area (Å²) in [4.78, 5) is 7.25. The topological polar surface area (TPSA) is 9.72 Å². The van der Waals surface area contributed by atoms with Crippen LogP contribution >= 0.6 is 0 Å². The monoisotopic (exact) mass is 1180 g/mol. The first-order chi connectivity index (χ1) is 45.2. The highest BCUT2D eigenvalue weighted by Gasteiger charge is 2.53. The molecule has 0 unspecified atom stereocenters. The van der Waals surface area contributed by atoms with Crippen LogP contribution in [0.15, 0.2) is 334 Å². The number of fused-ring (bicyclic) bond motifs is 10. The van der Waals surface area contributed by atoms with E-state index in [4.69, 9.17) is 0 Å². The van der Waals surface area contributed by atoms with Gasteiger partial charge in [0.2, 0.25) is 0 Å². The van der Waals surface area contributed by atoms with E-state index in [0.29, 0.717) is 0 Å². The van der Waals surface area contributed by atoms with Crippen molar-refractivity contribution >= 4 is 51.2 Å². The molecule has 92 heavy (non-hydrogen) atoms. The van der Waals surface area contributed by atoms with E-state index in [-0.39, 0.29) is 0 Å². The molecule has 0 heterocycles. The van der Waals surface area contributed by atoms with Crippen LogP contribution in [0.25, 0.3) is 66.8 Å². The first-order valence-electron chi connectivity index (χ1n) is 32.0. The van der Waals surface area contributed by atoms with E-state index in [9.17, 15) is 0 Å². The molecular weight excluding hydrogens is 1110 g/mol. The molecule has 16 rings (SSSR count). The first-order valence-corrected chi connectivity index (χ1v) is 32.0. The number of anilines is 9. The van der Waals surface area contributed by atoms with E-state index in [1.165, 1.54) is 94.6 Å². The molecule has 0 atom stereocenters. The highest BCUT2D eigenvalue weighted by atomic mass is 15.2. The Hall–Kier alpha value is -11.5. The maximum absolute atomic E-state index is 2.53. The third kappa shape index (κ3) is 9.78. The highest BCUT2D eigenvalue weighted by molar-refractivity contribution is 6.03. The predicted molar refractivity (Wildman–Crippen MR) is 387 cm³/mol. The number of nitrogens with zero attached hydrogens (tertiary/aromatic N) is 3. The summed E-state index contributed by atoms with van der Waals surface area (Å²) in [5.74, 6) is 0. The van der Waals surface area contributed by atoms with Gasteiger partial charge in [-0.3, -0.25) is 0 Å². The molecule has 14 aromatic carbocycles. The van der Waals surface area contributed by atoms with E-state index >= 15 is 0 Å². The molecule has 438 valence electrons. The van der Waals surface area contributed by atoms with Crippen molar-refractivity contribution in [2.24, 2.45) is 0 Å². The zero-order valence-electron chi connectivity index (χ0n) is 52.1. The van der Waals surface area contributed by atoms with Crippen LogP contribution in [0, 0.1) is 27.7 Å². The number of benzene rings is 14. The Labute approximate surface area is 540 Å². The second kappa shape index (κ2) is 23.1. The van der Waals surface area contributed by atoms with Crippen LogP contribution in [-0.2, 0) is 5.41 Å². The summed E-state index contributed by atoms with van der Waals surface area (Å²) >= 11 is 0. The Balaban J connectivity index is 0.868. The van der Waals surface area contributed by atoms with Crippen LogP contribution in [-0.4, -0.2) is 0 Å². The van der Waals surface area contributed by atoms with Crippen LogP contribution in [0.5, 0.6) is 0 Å². The Morgan fingerprint density at radius 3 is 0.859 bits per heavy atom. The van der Waals surface area contributed by atoms with Gasteiger partial charge in [0, 0.05) is 51.2 Å². The van der Waals surface area contributed by atoms with Gasteiger partial charge in [0.1, 0.15) is 0 Å². The smallest absolute Gasteiger partial charge is 0.0727 e. The molecule has 0 radical (unpaired) electrons. The Bertz CT molecular complexity index is 4780. The van der Waals surface area contributed by atoms with Crippen molar-refractivity contribution in [3.63, 3.8) is 0 Å². The second-order valence-electron chi connectivity index (χ2n) is 24.8. The molecule has 2 aliphatic rings. The average Bonchev–Trinajstić information content (AvgIpc) is 1.50. The third-order valence-corrected chi connectivity index (χ3v) is 19.0. The van der Waals surface area contributed by atoms with Crippen molar-refractivity contribution in [2.45, 2.75) is 33.1 Å². The molecule has 0 N–H and O–H groups in total. The molecule has 3 nitrogen and oxygen atoms in total. The van der Waals surface area contributed by atoms with Crippen LogP contribution in [0.1, 0.15) is 44.5 Å². The van der Waals surface area contributed by atoms with Crippen molar-refractivity contribution in [3.05, 3.63) is 378 Å². The lowest BCUT2D eigenvalue weighted by atomic mass is 9.70. The molecule has 0 fully saturated rings. The van der Waals surface area contributed by atoms with Crippen molar-refractivity contribution in [1.82, 2.24) is 0 Å². The summed E-state index contributed by atoms with van der Waals surface area (Å²) in [6, 6.07) is 124. The van der Waals surface area contributed by atoms with Crippen molar-refractivity contribution in [3.8, 4) is 66.8 Å². The summed E-state index contributed by atoms with van der Waals surface area (Å²) in [5.41, 5.74) is 33.6. The van der Waals surface area contributed by atoms with Gasteiger partial charge in [-0.15, -0.1) is 0 Å². The molecule has 0 amide bonds. The van der Waals surface area contributed by atoms with Gasteiger partial charge in [-0.2, -0.15) is 0 Å². The summed E-state index contributed by atoms with van der Waals surface area (Å²) < 4.78 is 0. The summed E-state index contributed by atoms with van der Waals surface area (Å²) in [5, 5.41) is 0. The first kappa shape index (κ1) is 55.8. The van der Waals surface area contributed by atoms with Gasteiger partial charge in [0.15, 0.2) is 0 Å². The number of hydrogen-bond acceptors (Lipinski definition) is 3. The molecular formula is C89H67N3. The van der Waals surface area contributed by atoms with E-state index in [2.05, 4.69) is 376 Å². The van der Waals surface area contributed by atoms with Crippen molar-refractivity contribution in [1.29, 1.82) is 0 Å². The van der Waals surface area contributed by atoms with E-state index in [0.717, 1.165) is 67.9 Å². The maximum Gasteiger partial charge on any atom is 0.0727 e. The summed E-state index contributed by atoms with van der Waals surface area (Å²) in [6.45, 7) is 8.66. The maximum atomic E-state index is 2.53. The minimum absolute atomic E-state index is 0.680. The zero-order chi connectivity index (χ0) is 61.9. The van der Waals surface area contributed by atoms with Crippen LogP contribution < -0.4 is 14.7 Å². The van der Waals surface area contributed by atoms with E-state index < -0.39 is 5.41 Å². The fourth-order valence-corrected chi connectivity index (χ4v) is 14.4. The molecule has 3 heteroatoms. The number of aryl methyl sites for hydroxylation is 4. The van der Waals surface area contributed by atoms with Gasteiger partial charge in [-0.25, -0.2) is 0 Å². The highest BCUT2D eigenvalue weighted by Crippen LogP contribution is 2.66. The lowest BCUT2D eigenvalue weighted by molar-refractivity contribution is 0.793. The molecule has 0 saturated carbocycles. The zero-order valence-corrected chi connectivity index (χ0v) is 52.1. The van der Waals surface area contributed by atoms with Crippen molar-refractivity contribution in [2.75, 3.05) is 14.7 Å². The van der Waals surface area contributed by atoms with Crippen molar-refractivity contribution < 1.29 is 0 Å². The summed E-state index contributed by atoms with van der Waals surface area (Å²) in [7, 11) is 0. The van der Waals surface area contributed by atoms with Gasteiger partial charge in [0.25, 0.3) is 0 Å². The Morgan fingerprint density at radius 1 is 0.185 bits per heavy atom. The lowest BCUT2D eigenvalue weighted by Gasteiger charge is -2.33. The number of hydrogen-bond donors (Lipinski definition) is 0. The number of rotatable bonds is 13. The molecule has 0 aliphatic heterocycles. The molecule has 14 aromatic rings. The molecule has 0 aromatic heterocycles. The quantitative estimate of drug-likeness (QED) is 0.114. The van der Waals surface area contributed by atoms with Crippen LogP contribution in [0.4, 0.5) is 51.2 Å². The van der Waals surface area contributed by atoms with Gasteiger partial charge < -0.3 is 14.7 Å². The van der Waals surface area contributed by atoms with Crippen LogP contribution in [0.2, 0.25) is 0 Å². The molecule has 0 saturated heterocycles. The molecule has 1 spiro atoms. The van der Waals surface area contributed by atoms with Gasteiger partial charge in [-0.1, -0.05) is 247 Å². The average molecular weight is 1180 g/mol. The van der Waals surface area contributed by atoms with E-state index in [1.54, 1.807) is 0 Å². The Morgan fingerprint density at radius 2 is 0.467 bits per heavy atom. The predicted octanol–water partition coefficient (Wildman–Crippen LogP) is 24.3. The van der Waals surface area contributed by atoms with Gasteiger partial charge >= 0.3 is 0 Å². The summed E-state index contributed by atoms with van der Waals surface area (Å²) in [6.07, 6.45) is 0. The molecule has 2 aliphatic carbocycles. The largest absolute Gasteiger partial charge is 0.311 e. The normalized spacial score (nSPS) is 12.2. The van der Waals surface area contributed by atoms with E-state index in [1.807, 2.05) is 0 Å². The fourth-order valence-electron chi connectivity index (χ4n) is 14.4. The van der Waals surface area contributed by atoms with Gasteiger partial charge in [0.05, 0.1) is 5.41 Å². The SMILES string of the molecule is Cc1ccc(N(c2ccc(C)cc2)c2ccc3c(c2)C2(c4ccccc4-c4ccccc42)c2cc(N(c4ccc(C)cc4)c4ccc(C)cc4)cc(-c4ccc(-c5ccc(N(c6ccc(-c7ccccc7)cc6)c6ccc(-c7ccccc7)cc6)cc5)cc4)c2-3)cc1.